The van der Waals surface area contributed by atoms with Crippen LogP contribution in [0, 0.1) is 16.2 Å². The van der Waals surface area contributed by atoms with Gasteiger partial charge in [-0.2, -0.15) is 0 Å². The smallest absolute Gasteiger partial charge is 0.0514 e. The van der Waals surface area contributed by atoms with E-state index in [1.54, 1.807) is 0 Å². The predicted molar refractivity (Wildman–Crippen MR) is 72.7 cm³/mol. The Morgan fingerprint density at radius 1 is 0.812 bits per heavy atom. The van der Waals surface area contributed by atoms with Gasteiger partial charge in [-0.1, -0.05) is 55.4 Å². The molecule has 98 valence electrons. The Hall–Kier alpha value is -0.0400. The van der Waals surface area contributed by atoms with Gasteiger partial charge < -0.3 is 4.74 Å². The van der Waals surface area contributed by atoms with Crippen molar-refractivity contribution in [1.82, 2.24) is 0 Å². The van der Waals surface area contributed by atoms with E-state index in [0.717, 1.165) is 13.2 Å². The fourth-order valence-corrected chi connectivity index (χ4v) is 1.37. The van der Waals surface area contributed by atoms with Crippen LogP contribution in [0.15, 0.2) is 0 Å². The largest absolute Gasteiger partial charge is 0.381 e. The third kappa shape index (κ3) is 6.52. The van der Waals surface area contributed by atoms with Crippen LogP contribution >= 0.6 is 0 Å². The van der Waals surface area contributed by atoms with Crippen molar-refractivity contribution >= 4 is 0 Å². The van der Waals surface area contributed by atoms with Gasteiger partial charge in [-0.3, -0.25) is 0 Å². The molecule has 0 N–H and O–H groups in total. The third-order valence-electron chi connectivity index (χ3n) is 3.66. The lowest BCUT2D eigenvalue weighted by Crippen LogP contribution is -2.29. The van der Waals surface area contributed by atoms with Gasteiger partial charge in [0.15, 0.2) is 0 Å². The van der Waals surface area contributed by atoms with E-state index in [0.29, 0.717) is 16.2 Å². The van der Waals surface area contributed by atoms with E-state index in [9.17, 15) is 0 Å². The van der Waals surface area contributed by atoms with Crippen LogP contribution in [0.4, 0.5) is 0 Å². The monoisotopic (exact) mass is 228 g/mol. The van der Waals surface area contributed by atoms with E-state index in [1.165, 1.54) is 12.8 Å². The molecule has 0 aliphatic heterocycles. The van der Waals surface area contributed by atoms with E-state index >= 15 is 0 Å². The van der Waals surface area contributed by atoms with Crippen molar-refractivity contribution < 1.29 is 4.74 Å². The number of hydrogen-bond donors (Lipinski definition) is 0. The molecule has 0 aliphatic carbocycles. The summed E-state index contributed by atoms with van der Waals surface area (Å²) in [5.74, 6) is 0. The number of ether oxygens (including phenoxy) is 1. The second kappa shape index (κ2) is 5.53. The highest BCUT2D eigenvalue weighted by atomic mass is 16.5. The molecule has 0 bridgehead atoms. The van der Waals surface area contributed by atoms with Crippen molar-refractivity contribution in [3.63, 3.8) is 0 Å². The Labute approximate surface area is 103 Å². The summed E-state index contributed by atoms with van der Waals surface area (Å²) in [4.78, 5) is 0. The minimum absolute atomic E-state index is 0.291. The molecule has 0 aromatic carbocycles. The van der Waals surface area contributed by atoms with Gasteiger partial charge in [0.05, 0.1) is 6.61 Å². The molecule has 0 aromatic rings. The molecule has 0 heterocycles. The Morgan fingerprint density at radius 2 is 1.31 bits per heavy atom. The lowest BCUT2D eigenvalue weighted by atomic mass is 9.67. The molecular formula is C15H32O. The Balaban J connectivity index is 3.75. The van der Waals surface area contributed by atoms with Gasteiger partial charge >= 0.3 is 0 Å². The van der Waals surface area contributed by atoms with Crippen molar-refractivity contribution in [2.24, 2.45) is 16.2 Å². The van der Waals surface area contributed by atoms with E-state index in [1.807, 2.05) is 0 Å². The molecule has 1 nitrogen and oxygen atoms in total. The van der Waals surface area contributed by atoms with Gasteiger partial charge in [0.2, 0.25) is 0 Å². The maximum absolute atomic E-state index is 5.71. The third-order valence-corrected chi connectivity index (χ3v) is 3.66. The van der Waals surface area contributed by atoms with Gasteiger partial charge in [0.1, 0.15) is 0 Å². The summed E-state index contributed by atoms with van der Waals surface area (Å²) in [6, 6.07) is 0. The molecule has 0 unspecified atom stereocenters. The average molecular weight is 228 g/mol. The molecule has 0 radical (unpaired) electrons. The highest BCUT2D eigenvalue weighted by Gasteiger charge is 2.31. The predicted octanol–water partition coefficient (Wildman–Crippen LogP) is 4.90. The minimum Gasteiger partial charge on any atom is -0.381 e. The summed E-state index contributed by atoms with van der Waals surface area (Å²) < 4.78 is 5.71. The topological polar surface area (TPSA) is 9.23 Å². The molecule has 0 saturated heterocycles. The second-order valence-electron chi connectivity index (χ2n) is 7.85. The normalized spacial score (nSPS) is 14.2. The molecule has 1 heteroatoms. The lowest BCUT2D eigenvalue weighted by Gasteiger charge is -2.39. The molecule has 0 aromatic heterocycles. The molecular weight excluding hydrogens is 196 g/mol. The SMILES string of the molecule is CC(C)(C)COCCCC(C)(C)C(C)(C)C. The Kier molecular flexibility index (Phi) is 5.52. The summed E-state index contributed by atoms with van der Waals surface area (Å²) in [6.45, 7) is 20.1. The quantitative estimate of drug-likeness (QED) is 0.608. The lowest BCUT2D eigenvalue weighted by molar-refractivity contribution is 0.0507. The minimum atomic E-state index is 0.291. The fourth-order valence-electron chi connectivity index (χ4n) is 1.37. The molecule has 0 saturated carbocycles. The molecule has 0 spiro atoms. The van der Waals surface area contributed by atoms with Gasteiger partial charge in [0.25, 0.3) is 0 Å². The van der Waals surface area contributed by atoms with Gasteiger partial charge in [-0.15, -0.1) is 0 Å². The van der Waals surface area contributed by atoms with Crippen LogP contribution in [0.3, 0.4) is 0 Å². The van der Waals surface area contributed by atoms with Crippen molar-refractivity contribution in [2.75, 3.05) is 13.2 Å². The highest BCUT2D eigenvalue weighted by Crippen LogP contribution is 2.41. The van der Waals surface area contributed by atoms with Crippen molar-refractivity contribution in [2.45, 2.75) is 68.2 Å². The van der Waals surface area contributed by atoms with Crippen molar-refractivity contribution in [3.05, 3.63) is 0 Å². The highest BCUT2D eigenvalue weighted by molar-refractivity contribution is 4.82. The van der Waals surface area contributed by atoms with Crippen LogP contribution in [0.2, 0.25) is 0 Å². The molecule has 0 atom stereocenters. The van der Waals surface area contributed by atoms with Crippen LogP contribution in [0.1, 0.15) is 68.2 Å². The molecule has 0 aliphatic rings. The summed E-state index contributed by atoms with van der Waals surface area (Å²) in [5.41, 5.74) is 1.05. The van der Waals surface area contributed by atoms with Gasteiger partial charge in [0, 0.05) is 6.61 Å². The molecule has 16 heavy (non-hydrogen) atoms. The van der Waals surface area contributed by atoms with Crippen LogP contribution in [-0.4, -0.2) is 13.2 Å². The van der Waals surface area contributed by atoms with Crippen LogP contribution < -0.4 is 0 Å². The Bertz CT molecular complexity index is 190. The zero-order valence-electron chi connectivity index (χ0n) is 12.7. The van der Waals surface area contributed by atoms with E-state index in [-0.39, 0.29) is 0 Å². The van der Waals surface area contributed by atoms with Crippen LogP contribution in [-0.2, 0) is 4.74 Å². The van der Waals surface area contributed by atoms with E-state index in [4.69, 9.17) is 4.74 Å². The first kappa shape index (κ1) is 16.0. The zero-order chi connectivity index (χ0) is 13.0. The molecule has 0 rings (SSSR count). The molecule has 0 amide bonds. The van der Waals surface area contributed by atoms with Gasteiger partial charge in [-0.05, 0) is 29.1 Å². The summed E-state index contributed by atoms with van der Waals surface area (Å²) in [7, 11) is 0. The number of hydrogen-bond acceptors (Lipinski definition) is 1. The maximum Gasteiger partial charge on any atom is 0.0514 e. The van der Waals surface area contributed by atoms with E-state index in [2.05, 4.69) is 55.4 Å². The number of rotatable bonds is 5. The van der Waals surface area contributed by atoms with Crippen LogP contribution in [0.5, 0.6) is 0 Å². The van der Waals surface area contributed by atoms with Gasteiger partial charge in [-0.25, -0.2) is 0 Å². The maximum atomic E-state index is 5.71. The van der Waals surface area contributed by atoms with E-state index < -0.39 is 0 Å². The first-order chi connectivity index (χ1) is 6.96. The van der Waals surface area contributed by atoms with Crippen LogP contribution in [0.25, 0.3) is 0 Å². The van der Waals surface area contributed by atoms with Crippen molar-refractivity contribution in [3.8, 4) is 0 Å². The molecule has 0 fully saturated rings. The average Bonchev–Trinajstić information content (AvgIpc) is 1.98. The summed E-state index contributed by atoms with van der Waals surface area (Å²) >= 11 is 0. The first-order valence-electron chi connectivity index (χ1n) is 6.53. The fraction of sp³-hybridized carbons (Fsp3) is 1.00. The Morgan fingerprint density at radius 3 is 1.69 bits per heavy atom. The van der Waals surface area contributed by atoms with Crippen molar-refractivity contribution in [1.29, 1.82) is 0 Å². The first-order valence-corrected chi connectivity index (χ1v) is 6.53. The summed E-state index contributed by atoms with van der Waals surface area (Å²) in [6.07, 6.45) is 2.40. The summed E-state index contributed by atoms with van der Waals surface area (Å²) in [5, 5.41) is 0. The second-order valence-corrected chi connectivity index (χ2v) is 7.85. The standard InChI is InChI=1S/C15H32O/c1-13(2,3)12-16-11-9-10-15(7,8)14(4,5)6/h9-12H2,1-8H3. The zero-order valence-corrected chi connectivity index (χ0v) is 12.7.